The van der Waals surface area contributed by atoms with Crippen LogP contribution >= 0.6 is 15.9 Å². The minimum atomic E-state index is -0.0407. The second-order valence-electron chi connectivity index (χ2n) is 4.60. The standard InChI is InChI=1S/C14H16BrNO2/c1-2-7-16-13(17)8-11(9-14(16)18)10-3-5-12(15)6-4-10/h3-6,11H,2,7-9H2,1H3. The average molecular weight is 310 g/mol. The molecule has 4 heteroatoms. The molecule has 1 aromatic rings. The molecule has 1 aromatic carbocycles. The molecule has 3 nitrogen and oxygen atoms in total. The average Bonchev–Trinajstić information content (AvgIpc) is 2.34. The lowest BCUT2D eigenvalue weighted by atomic mass is 9.88. The van der Waals surface area contributed by atoms with Crippen LogP contribution in [-0.4, -0.2) is 23.3 Å². The van der Waals surface area contributed by atoms with Crippen molar-refractivity contribution in [3.63, 3.8) is 0 Å². The van der Waals surface area contributed by atoms with E-state index in [0.29, 0.717) is 19.4 Å². The summed E-state index contributed by atoms with van der Waals surface area (Å²) >= 11 is 3.38. The zero-order valence-corrected chi connectivity index (χ0v) is 11.9. The highest BCUT2D eigenvalue weighted by molar-refractivity contribution is 9.10. The Morgan fingerprint density at radius 1 is 1.17 bits per heavy atom. The van der Waals surface area contributed by atoms with Crippen molar-refractivity contribution in [2.45, 2.75) is 32.1 Å². The summed E-state index contributed by atoms with van der Waals surface area (Å²) in [5.41, 5.74) is 1.07. The molecule has 0 aliphatic carbocycles. The van der Waals surface area contributed by atoms with Crippen LogP contribution in [0.15, 0.2) is 28.7 Å². The third-order valence-electron chi connectivity index (χ3n) is 3.23. The minimum Gasteiger partial charge on any atom is -0.283 e. The van der Waals surface area contributed by atoms with Crippen LogP contribution in [-0.2, 0) is 9.59 Å². The number of halogens is 1. The van der Waals surface area contributed by atoms with Crippen LogP contribution in [0.4, 0.5) is 0 Å². The van der Waals surface area contributed by atoms with E-state index in [2.05, 4.69) is 15.9 Å². The highest BCUT2D eigenvalue weighted by atomic mass is 79.9. The number of carbonyl (C=O) groups excluding carboxylic acids is 2. The predicted octanol–water partition coefficient (Wildman–Crippen LogP) is 3.09. The Morgan fingerprint density at radius 2 is 1.72 bits per heavy atom. The smallest absolute Gasteiger partial charge is 0.229 e. The maximum atomic E-state index is 11.9. The zero-order valence-electron chi connectivity index (χ0n) is 10.4. The molecular formula is C14H16BrNO2. The minimum absolute atomic E-state index is 0.0335. The summed E-state index contributed by atoms with van der Waals surface area (Å²) in [6, 6.07) is 7.85. The Balaban J connectivity index is 2.12. The number of amides is 2. The molecule has 0 unspecified atom stereocenters. The first kappa shape index (κ1) is 13.3. The van der Waals surface area contributed by atoms with E-state index >= 15 is 0 Å². The van der Waals surface area contributed by atoms with Crippen LogP contribution in [0, 0.1) is 0 Å². The van der Waals surface area contributed by atoms with E-state index in [-0.39, 0.29) is 17.7 Å². The van der Waals surface area contributed by atoms with Gasteiger partial charge >= 0.3 is 0 Å². The maximum Gasteiger partial charge on any atom is 0.229 e. The Bertz CT molecular complexity index is 437. The van der Waals surface area contributed by atoms with Gasteiger partial charge in [0.05, 0.1) is 0 Å². The second-order valence-corrected chi connectivity index (χ2v) is 5.51. The Hall–Kier alpha value is -1.16. The fraction of sp³-hybridized carbons (Fsp3) is 0.429. The fourth-order valence-electron chi connectivity index (χ4n) is 2.30. The number of benzene rings is 1. The van der Waals surface area contributed by atoms with Crippen LogP contribution in [0.25, 0.3) is 0 Å². The predicted molar refractivity (Wildman–Crippen MR) is 73.1 cm³/mol. The molecule has 1 aliphatic heterocycles. The molecular weight excluding hydrogens is 294 g/mol. The molecule has 2 amide bonds. The third-order valence-corrected chi connectivity index (χ3v) is 3.76. The summed E-state index contributed by atoms with van der Waals surface area (Å²) in [5.74, 6) is -0.0479. The molecule has 1 fully saturated rings. The van der Waals surface area contributed by atoms with E-state index in [9.17, 15) is 9.59 Å². The molecule has 18 heavy (non-hydrogen) atoms. The van der Waals surface area contributed by atoms with E-state index in [1.165, 1.54) is 4.90 Å². The van der Waals surface area contributed by atoms with Gasteiger partial charge in [-0.3, -0.25) is 14.5 Å². The van der Waals surface area contributed by atoms with Crippen molar-refractivity contribution < 1.29 is 9.59 Å². The molecule has 0 spiro atoms. The molecule has 0 radical (unpaired) electrons. The van der Waals surface area contributed by atoms with Gasteiger partial charge in [0.2, 0.25) is 11.8 Å². The largest absolute Gasteiger partial charge is 0.283 e. The molecule has 1 heterocycles. The molecule has 2 rings (SSSR count). The molecule has 0 aromatic heterocycles. The van der Waals surface area contributed by atoms with Gasteiger partial charge in [0.15, 0.2) is 0 Å². The fourth-order valence-corrected chi connectivity index (χ4v) is 2.56. The van der Waals surface area contributed by atoms with Gasteiger partial charge in [-0.1, -0.05) is 35.0 Å². The Kier molecular flexibility index (Phi) is 4.17. The van der Waals surface area contributed by atoms with Gasteiger partial charge in [0.1, 0.15) is 0 Å². The Labute approximate surface area is 115 Å². The number of likely N-dealkylation sites (tertiary alicyclic amines) is 1. The van der Waals surface area contributed by atoms with Crippen LogP contribution in [0.1, 0.15) is 37.7 Å². The SMILES string of the molecule is CCCN1C(=O)CC(c2ccc(Br)cc2)CC1=O. The van der Waals surface area contributed by atoms with Crippen molar-refractivity contribution >= 4 is 27.7 Å². The van der Waals surface area contributed by atoms with Gasteiger partial charge in [0, 0.05) is 29.8 Å². The van der Waals surface area contributed by atoms with Crippen LogP contribution in [0.2, 0.25) is 0 Å². The second kappa shape index (κ2) is 5.65. The van der Waals surface area contributed by atoms with Gasteiger partial charge in [-0.05, 0) is 24.1 Å². The monoisotopic (exact) mass is 309 g/mol. The number of piperidine rings is 1. The maximum absolute atomic E-state index is 11.9. The van der Waals surface area contributed by atoms with E-state index in [1.807, 2.05) is 31.2 Å². The van der Waals surface area contributed by atoms with Gasteiger partial charge in [0.25, 0.3) is 0 Å². The van der Waals surface area contributed by atoms with E-state index in [1.54, 1.807) is 0 Å². The summed E-state index contributed by atoms with van der Waals surface area (Å²) in [6.07, 6.45) is 1.70. The van der Waals surface area contributed by atoms with Gasteiger partial charge < -0.3 is 0 Å². The lowest BCUT2D eigenvalue weighted by Crippen LogP contribution is -2.42. The first-order valence-electron chi connectivity index (χ1n) is 6.20. The number of hydrogen-bond donors (Lipinski definition) is 0. The summed E-state index contributed by atoms with van der Waals surface area (Å²) < 4.78 is 1.01. The van der Waals surface area contributed by atoms with Crippen molar-refractivity contribution in [3.05, 3.63) is 34.3 Å². The zero-order chi connectivity index (χ0) is 13.1. The normalized spacial score (nSPS) is 17.3. The van der Waals surface area contributed by atoms with Crippen molar-refractivity contribution in [2.75, 3.05) is 6.54 Å². The van der Waals surface area contributed by atoms with Crippen molar-refractivity contribution in [3.8, 4) is 0 Å². The summed E-state index contributed by atoms with van der Waals surface area (Å²) in [5, 5.41) is 0. The van der Waals surface area contributed by atoms with Crippen molar-refractivity contribution in [1.29, 1.82) is 0 Å². The van der Waals surface area contributed by atoms with Gasteiger partial charge in [-0.15, -0.1) is 0 Å². The molecule has 0 N–H and O–H groups in total. The number of hydrogen-bond acceptors (Lipinski definition) is 2. The van der Waals surface area contributed by atoms with Crippen LogP contribution in [0.5, 0.6) is 0 Å². The van der Waals surface area contributed by atoms with Crippen LogP contribution < -0.4 is 0 Å². The van der Waals surface area contributed by atoms with Gasteiger partial charge in [-0.25, -0.2) is 0 Å². The first-order valence-corrected chi connectivity index (χ1v) is 6.99. The number of rotatable bonds is 3. The third kappa shape index (κ3) is 2.80. The number of imide groups is 1. The lowest BCUT2D eigenvalue weighted by molar-refractivity contribution is -0.148. The summed E-state index contributed by atoms with van der Waals surface area (Å²) in [4.78, 5) is 25.3. The number of carbonyl (C=O) groups is 2. The quantitative estimate of drug-likeness (QED) is 0.805. The summed E-state index contributed by atoms with van der Waals surface area (Å²) in [7, 11) is 0. The number of nitrogens with zero attached hydrogens (tertiary/aromatic N) is 1. The van der Waals surface area contributed by atoms with E-state index < -0.39 is 0 Å². The molecule has 1 aliphatic rings. The summed E-state index contributed by atoms with van der Waals surface area (Å²) in [6.45, 7) is 2.52. The lowest BCUT2D eigenvalue weighted by Gasteiger charge is -2.30. The molecule has 96 valence electrons. The van der Waals surface area contributed by atoms with Crippen molar-refractivity contribution in [1.82, 2.24) is 4.90 Å². The molecule has 1 saturated heterocycles. The van der Waals surface area contributed by atoms with Crippen LogP contribution in [0.3, 0.4) is 0 Å². The van der Waals surface area contributed by atoms with Crippen molar-refractivity contribution in [2.24, 2.45) is 0 Å². The highest BCUT2D eigenvalue weighted by Crippen LogP contribution is 2.30. The Morgan fingerprint density at radius 3 is 2.22 bits per heavy atom. The molecule has 0 bridgehead atoms. The van der Waals surface area contributed by atoms with E-state index in [0.717, 1.165) is 16.5 Å². The van der Waals surface area contributed by atoms with Gasteiger partial charge in [-0.2, -0.15) is 0 Å². The molecule has 0 saturated carbocycles. The van der Waals surface area contributed by atoms with E-state index in [4.69, 9.17) is 0 Å². The first-order chi connectivity index (χ1) is 8.61. The highest BCUT2D eigenvalue weighted by Gasteiger charge is 2.32. The topological polar surface area (TPSA) is 37.4 Å². The molecule has 0 atom stereocenters.